The second kappa shape index (κ2) is 13.5. The Hall–Kier alpha value is -3.88. The van der Waals surface area contributed by atoms with Gasteiger partial charge in [-0.25, -0.2) is 14.0 Å². The van der Waals surface area contributed by atoms with Crippen molar-refractivity contribution in [2.75, 3.05) is 16.8 Å². The van der Waals surface area contributed by atoms with E-state index in [9.17, 15) is 18.8 Å². The number of carboxylic acid groups (broad SMARTS) is 1. The summed E-state index contributed by atoms with van der Waals surface area (Å²) in [7, 11) is 0. The van der Waals surface area contributed by atoms with E-state index >= 15 is 0 Å². The molecule has 0 spiro atoms. The van der Waals surface area contributed by atoms with Crippen LogP contribution in [0.3, 0.4) is 0 Å². The summed E-state index contributed by atoms with van der Waals surface area (Å²) in [5.41, 5.74) is 4.49. The van der Waals surface area contributed by atoms with Crippen LogP contribution in [0.2, 0.25) is 10.0 Å². The van der Waals surface area contributed by atoms with Crippen molar-refractivity contribution >= 4 is 58.1 Å². The van der Waals surface area contributed by atoms with Crippen molar-refractivity contribution in [1.29, 1.82) is 0 Å². The first-order valence-corrected chi connectivity index (χ1v) is 13.5. The van der Waals surface area contributed by atoms with Crippen LogP contribution in [0.25, 0.3) is 5.57 Å². The summed E-state index contributed by atoms with van der Waals surface area (Å²) in [6.07, 6.45) is 4.52. The molecule has 3 aromatic carbocycles. The number of nitrogens with zero attached hydrogens (tertiary/aromatic N) is 1. The number of carbonyl (C=O) groups is 3. The molecular formula is C30H28Cl2FN3O4. The summed E-state index contributed by atoms with van der Waals surface area (Å²) < 4.78 is 13.3. The van der Waals surface area contributed by atoms with Gasteiger partial charge in [-0.05, 0) is 84.8 Å². The highest BCUT2D eigenvalue weighted by atomic mass is 35.5. The van der Waals surface area contributed by atoms with Gasteiger partial charge < -0.3 is 15.7 Å². The third-order valence-electron chi connectivity index (χ3n) is 6.47. The molecule has 1 aliphatic rings. The van der Waals surface area contributed by atoms with Gasteiger partial charge in [-0.3, -0.25) is 9.69 Å². The van der Waals surface area contributed by atoms with Crippen LogP contribution in [-0.2, 0) is 11.3 Å². The molecule has 0 radical (unpaired) electrons. The maximum atomic E-state index is 13.5. The standard InChI is InChI=1S/C30H28Cl2FN3O4/c31-23-14-24(32)16-25(15-23)35-30(40)36(26-12-10-21(11-13-26)20-4-2-1-3-5-20)18-19-6-8-22(9-7-19)28(37)34-17-27(33)29(38)39/h4,6-16,27H,1-3,5,17-18H2,(H,34,37)(H,35,40)(H,38,39)/t27-/m0/s1. The summed E-state index contributed by atoms with van der Waals surface area (Å²) in [5, 5.41) is 14.5. The monoisotopic (exact) mass is 583 g/mol. The molecule has 0 fully saturated rings. The zero-order valence-corrected chi connectivity index (χ0v) is 23.0. The molecule has 0 aliphatic heterocycles. The number of alkyl halides is 1. The molecule has 0 heterocycles. The van der Waals surface area contributed by atoms with Crippen molar-refractivity contribution in [3.8, 4) is 0 Å². The van der Waals surface area contributed by atoms with Gasteiger partial charge in [0.15, 0.2) is 0 Å². The Morgan fingerprint density at radius 2 is 1.62 bits per heavy atom. The molecule has 1 atom stereocenters. The summed E-state index contributed by atoms with van der Waals surface area (Å²) in [6, 6.07) is 18.6. The van der Waals surface area contributed by atoms with Gasteiger partial charge in [-0.2, -0.15) is 0 Å². The molecule has 0 saturated carbocycles. The molecule has 0 aromatic heterocycles. The Kier molecular flexibility index (Phi) is 9.79. The average molecular weight is 584 g/mol. The Morgan fingerprint density at radius 1 is 0.950 bits per heavy atom. The zero-order valence-electron chi connectivity index (χ0n) is 21.5. The van der Waals surface area contributed by atoms with Crippen LogP contribution in [0.1, 0.15) is 47.2 Å². The normalized spacial score (nSPS) is 13.6. The predicted octanol–water partition coefficient (Wildman–Crippen LogP) is 7.34. The van der Waals surface area contributed by atoms with Crippen molar-refractivity contribution in [2.24, 2.45) is 0 Å². The van der Waals surface area contributed by atoms with Crippen molar-refractivity contribution in [2.45, 2.75) is 38.4 Å². The highest BCUT2D eigenvalue weighted by Gasteiger charge is 2.20. The molecule has 40 heavy (non-hydrogen) atoms. The third-order valence-corrected chi connectivity index (χ3v) is 6.90. The van der Waals surface area contributed by atoms with E-state index in [1.54, 1.807) is 35.2 Å². The molecule has 0 bridgehead atoms. The van der Waals surface area contributed by atoms with Crippen molar-refractivity contribution < 1.29 is 23.9 Å². The molecule has 3 amide bonds. The third kappa shape index (κ3) is 7.83. The maximum Gasteiger partial charge on any atom is 0.340 e. The number of amides is 3. The van der Waals surface area contributed by atoms with Gasteiger partial charge in [0.25, 0.3) is 5.91 Å². The van der Waals surface area contributed by atoms with Gasteiger partial charge in [-0.15, -0.1) is 0 Å². The number of urea groups is 1. The number of carbonyl (C=O) groups excluding carboxylic acids is 2. The van der Waals surface area contributed by atoms with Gasteiger partial charge in [0.1, 0.15) is 0 Å². The summed E-state index contributed by atoms with van der Waals surface area (Å²) in [5.74, 6) is -2.24. The topological polar surface area (TPSA) is 98.7 Å². The SMILES string of the molecule is O=C(NC[C@H](F)C(=O)O)c1ccc(CN(C(=O)Nc2cc(Cl)cc(Cl)c2)c2ccc(C3=CCCCC3)cc2)cc1. The number of allylic oxidation sites excluding steroid dienone is 2. The summed E-state index contributed by atoms with van der Waals surface area (Å²) in [4.78, 5) is 38.0. The number of hydrogen-bond acceptors (Lipinski definition) is 3. The molecule has 3 aromatic rings. The zero-order chi connectivity index (χ0) is 28.6. The van der Waals surface area contributed by atoms with Gasteiger partial charge in [-0.1, -0.05) is 53.5 Å². The van der Waals surface area contributed by atoms with Crippen LogP contribution in [0, 0.1) is 0 Å². The van der Waals surface area contributed by atoms with E-state index in [1.165, 1.54) is 24.1 Å². The van der Waals surface area contributed by atoms with E-state index in [-0.39, 0.29) is 12.1 Å². The Balaban J connectivity index is 1.54. The number of carboxylic acids is 1. The summed E-state index contributed by atoms with van der Waals surface area (Å²) in [6.45, 7) is -0.458. The van der Waals surface area contributed by atoms with Crippen LogP contribution < -0.4 is 15.5 Å². The average Bonchev–Trinajstić information content (AvgIpc) is 2.94. The minimum absolute atomic E-state index is 0.176. The first kappa shape index (κ1) is 29.1. The molecule has 3 N–H and O–H groups in total. The van der Waals surface area contributed by atoms with Crippen LogP contribution in [0.5, 0.6) is 0 Å². The number of halogens is 3. The highest BCUT2D eigenvalue weighted by molar-refractivity contribution is 6.35. The quantitative estimate of drug-likeness (QED) is 0.245. The lowest BCUT2D eigenvalue weighted by molar-refractivity contribution is -0.142. The van der Waals surface area contributed by atoms with Crippen LogP contribution >= 0.6 is 23.2 Å². The number of hydrogen-bond donors (Lipinski definition) is 3. The van der Waals surface area contributed by atoms with E-state index in [0.717, 1.165) is 30.4 Å². The lowest BCUT2D eigenvalue weighted by Crippen LogP contribution is -2.35. The molecule has 208 valence electrons. The number of nitrogens with one attached hydrogen (secondary N) is 2. The van der Waals surface area contributed by atoms with Crippen molar-refractivity contribution in [1.82, 2.24) is 5.32 Å². The second-order valence-corrected chi connectivity index (χ2v) is 10.3. The predicted molar refractivity (Wildman–Crippen MR) is 156 cm³/mol. The molecule has 10 heteroatoms. The molecular weight excluding hydrogens is 556 g/mol. The van der Waals surface area contributed by atoms with Gasteiger partial charge >= 0.3 is 12.0 Å². The molecule has 7 nitrogen and oxygen atoms in total. The maximum absolute atomic E-state index is 13.5. The fraction of sp³-hybridized carbons (Fsp3) is 0.233. The van der Waals surface area contributed by atoms with Crippen LogP contribution in [0.4, 0.5) is 20.6 Å². The minimum atomic E-state index is -2.19. The Labute approximate surface area is 241 Å². The van der Waals surface area contributed by atoms with E-state index < -0.39 is 30.6 Å². The van der Waals surface area contributed by atoms with E-state index in [1.807, 2.05) is 24.3 Å². The minimum Gasteiger partial charge on any atom is -0.479 e. The number of benzene rings is 3. The van der Waals surface area contributed by atoms with Crippen molar-refractivity contribution in [3.05, 3.63) is 99.5 Å². The number of aliphatic carboxylic acids is 1. The number of anilines is 2. The number of rotatable bonds is 9. The van der Waals surface area contributed by atoms with Gasteiger partial charge in [0.05, 0.1) is 13.1 Å². The van der Waals surface area contributed by atoms with Crippen LogP contribution in [0.15, 0.2) is 72.8 Å². The largest absolute Gasteiger partial charge is 0.479 e. The summed E-state index contributed by atoms with van der Waals surface area (Å²) >= 11 is 12.2. The van der Waals surface area contributed by atoms with E-state index in [0.29, 0.717) is 21.4 Å². The molecule has 1 aliphatic carbocycles. The molecule has 0 unspecified atom stereocenters. The fourth-order valence-corrected chi connectivity index (χ4v) is 4.89. The van der Waals surface area contributed by atoms with Crippen molar-refractivity contribution in [3.63, 3.8) is 0 Å². The van der Waals surface area contributed by atoms with E-state index in [2.05, 4.69) is 16.7 Å². The van der Waals surface area contributed by atoms with Gasteiger partial charge in [0.2, 0.25) is 6.17 Å². The lowest BCUT2D eigenvalue weighted by Gasteiger charge is -2.24. The Morgan fingerprint density at radius 3 is 2.23 bits per heavy atom. The molecule has 4 rings (SSSR count). The lowest BCUT2D eigenvalue weighted by atomic mass is 9.93. The fourth-order valence-electron chi connectivity index (χ4n) is 4.37. The Bertz CT molecular complexity index is 1390. The molecule has 0 saturated heterocycles. The van der Waals surface area contributed by atoms with E-state index in [4.69, 9.17) is 28.3 Å². The van der Waals surface area contributed by atoms with Crippen LogP contribution in [-0.4, -0.2) is 35.7 Å². The first-order valence-electron chi connectivity index (χ1n) is 12.8. The second-order valence-electron chi connectivity index (χ2n) is 9.41. The van der Waals surface area contributed by atoms with Gasteiger partial charge in [0, 0.05) is 27.0 Å². The smallest absolute Gasteiger partial charge is 0.340 e. The highest BCUT2D eigenvalue weighted by Crippen LogP contribution is 2.29. The first-order chi connectivity index (χ1) is 19.2.